The fourth-order valence-corrected chi connectivity index (χ4v) is 7.68. The number of halogens is 1. The number of hydrogen-bond acceptors (Lipinski definition) is 5. The van der Waals surface area contributed by atoms with Gasteiger partial charge in [-0.25, -0.2) is 12.8 Å². The van der Waals surface area contributed by atoms with Crippen molar-refractivity contribution in [3.63, 3.8) is 0 Å². The van der Waals surface area contributed by atoms with Gasteiger partial charge >= 0.3 is 0 Å². The molecule has 4 rings (SSSR count). The normalized spacial score (nSPS) is 23.6. The van der Waals surface area contributed by atoms with Crippen molar-refractivity contribution in [1.29, 1.82) is 0 Å². The number of thioether (sulfide) groups is 1. The van der Waals surface area contributed by atoms with E-state index in [0.717, 1.165) is 22.6 Å². The molecule has 6 nitrogen and oxygen atoms in total. The summed E-state index contributed by atoms with van der Waals surface area (Å²) in [5, 5.41) is 2.96. The van der Waals surface area contributed by atoms with Crippen LogP contribution in [-0.4, -0.2) is 44.6 Å². The van der Waals surface area contributed by atoms with Gasteiger partial charge in [0, 0.05) is 29.3 Å². The van der Waals surface area contributed by atoms with Crippen LogP contribution in [0.2, 0.25) is 0 Å². The quantitative estimate of drug-likeness (QED) is 0.667. The number of sulfonamides is 1. The lowest BCUT2D eigenvalue weighted by Crippen LogP contribution is -2.42. The Morgan fingerprint density at radius 1 is 1.15 bits per heavy atom. The number of rotatable bonds is 5. The molecule has 0 bridgehead atoms. The molecule has 0 aromatic heterocycles. The number of nitrogens with zero attached hydrogens (tertiary/aromatic N) is 1. The van der Waals surface area contributed by atoms with Crippen molar-refractivity contribution in [2.75, 3.05) is 26.0 Å². The first-order valence-corrected chi connectivity index (χ1v) is 13.5. The van der Waals surface area contributed by atoms with Gasteiger partial charge in [0.15, 0.2) is 0 Å². The first-order valence-electron chi connectivity index (χ1n) is 11.1. The Kier molecular flexibility index (Phi) is 7.02. The van der Waals surface area contributed by atoms with Crippen LogP contribution >= 0.6 is 11.8 Å². The molecule has 3 unspecified atom stereocenters. The highest BCUT2D eigenvalue weighted by atomic mass is 32.2. The van der Waals surface area contributed by atoms with Gasteiger partial charge in [-0.2, -0.15) is 4.31 Å². The molecule has 1 fully saturated rings. The third-order valence-electron chi connectivity index (χ3n) is 6.20. The molecule has 2 heterocycles. The minimum atomic E-state index is -3.84. The summed E-state index contributed by atoms with van der Waals surface area (Å²) in [6.07, 6.45) is 1.64. The predicted octanol–water partition coefficient (Wildman–Crippen LogP) is 4.47. The number of fused-ring (bicyclic) bond motifs is 1. The second-order valence-corrected chi connectivity index (χ2v) is 12.0. The number of nitrogens with one attached hydrogen (secondary N) is 1. The van der Waals surface area contributed by atoms with Crippen LogP contribution < -0.4 is 10.1 Å². The van der Waals surface area contributed by atoms with Gasteiger partial charge < -0.3 is 10.1 Å². The van der Waals surface area contributed by atoms with E-state index >= 15 is 0 Å². The van der Waals surface area contributed by atoms with E-state index in [2.05, 4.69) is 5.32 Å². The molecule has 3 atom stereocenters. The summed E-state index contributed by atoms with van der Waals surface area (Å²) >= 11 is 1.63. The topological polar surface area (TPSA) is 75.7 Å². The lowest BCUT2D eigenvalue weighted by Gasteiger charge is -2.34. The fraction of sp³-hybridized carbons (Fsp3) is 0.458. The SMILES string of the molecule is COc1ccc(C(=O)NC2CCSc3ccc(F)cc32)cc1S(=O)(=O)N1CC(C)CC(C)C1. The Balaban J connectivity index is 1.62. The van der Waals surface area contributed by atoms with Gasteiger partial charge in [0.25, 0.3) is 5.91 Å². The molecular weight excluding hydrogens is 463 g/mol. The van der Waals surface area contributed by atoms with E-state index in [1.165, 1.54) is 35.7 Å². The molecule has 2 aliphatic rings. The van der Waals surface area contributed by atoms with Crippen molar-refractivity contribution in [2.45, 2.75) is 42.5 Å². The van der Waals surface area contributed by atoms with Crippen LogP contribution in [0.5, 0.6) is 5.75 Å². The molecule has 2 aliphatic heterocycles. The maximum absolute atomic E-state index is 13.8. The van der Waals surface area contributed by atoms with Crippen molar-refractivity contribution in [3.8, 4) is 5.75 Å². The van der Waals surface area contributed by atoms with E-state index in [0.29, 0.717) is 19.5 Å². The second-order valence-electron chi connectivity index (χ2n) is 8.98. The lowest BCUT2D eigenvalue weighted by molar-refractivity contribution is 0.0934. The number of hydrogen-bond donors (Lipinski definition) is 1. The molecule has 1 amide bonds. The van der Waals surface area contributed by atoms with E-state index in [1.807, 2.05) is 13.8 Å². The molecule has 1 N–H and O–H groups in total. The molecule has 2 aromatic rings. The van der Waals surface area contributed by atoms with E-state index in [1.54, 1.807) is 23.9 Å². The number of carbonyl (C=O) groups is 1. The standard InChI is InChI=1S/C24H29FN2O4S2/c1-15-10-16(2)14-27(13-15)33(29,30)23-11-17(4-6-21(23)31-3)24(28)26-20-8-9-32-22-7-5-18(25)12-19(20)22/h4-7,11-12,15-16,20H,8-10,13-14H2,1-3H3,(H,26,28). The molecule has 0 aliphatic carbocycles. The summed E-state index contributed by atoms with van der Waals surface area (Å²) in [7, 11) is -2.42. The molecule has 178 valence electrons. The molecule has 1 saturated heterocycles. The number of carbonyl (C=O) groups excluding carboxylic acids is 1. The van der Waals surface area contributed by atoms with Crippen LogP contribution in [0, 0.1) is 17.7 Å². The van der Waals surface area contributed by atoms with Gasteiger partial charge in [-0.15, -0.1) is 11.8 Å². The third kappa shape index (κ3) is 5.05. The summed E-state index contributed by atoms with van der Waals surface area (Å²) in [6.45, 7) is 4.97. The van der Waals surface area contributed by atoms with Crippen molar-refractivity contribution < 1.29 is 22.3 Å². The van der Waals surface area contributed by atoms with Crippen LogP contribution in [0.25, 0.3) is 0 Å². The van der Waals surface area contributed by atoms with Crippen molar-refractivity contribution >= 4 is 27.7 Å². The van der Waals surface area contributed by atoms with Crippen LogP contribution in [0.3, 0.4) is 0 Å². The van der Waals surface area contributed by atoms with Crippen molar-refractivity contribution in [1.82, 2.24) is 9.62 Å². The average Bonchev–Trinajstić information content (AvgIpc) is 2.78. The van der Waals surface area contributed by atoms with E-state index < -0.39 is 15.9 Å². The monoisotopic (exact) mass is 492 g/mol. The third-order valence-corrected chi connectivity index (χ3v) is 9.17. The summed E-state index contributed by atoms with van der Waals surface area (Å²) in [4.78, 5) is 14.0. The predicted molar refractivity (Wildman–Crippen MR) is 127 cm³/mol. The molecule has 0 radical (unpaired) electrons. The first kappa shape index (κ1) is 24.0. The molecule has 33 heavy (non-hydrogen) atoms. The number of amides is 1. The van der Waals surface area contributed by atoms with Gasteiger partial charge in [0.1, 0.15) is 16.5 Å². The summed E-state index contributed by atoms with van der Waals surface area (Å²) in [6, 6.07) is 8.72. The molecule has 9 heteroatoms. The Labute approximate surface area is 198 Å². The fourth-order valence-electron chi connectivity index (χ4n) is 4.72. The van der Waals surface area contributed by atoms with Gasteiger partial charge in [0.05, 0.1) is 13.2 Å². The van der Waals surface area contributed by atoms with E-state index in [9.17, 15) is 17.6 Å². The van der Waals surface area contributed by atoms with E-state index in [-0.39, 0.29) is 39.9 Å². The lowest BCUT2D eigenvalue weighted by atomic mass is 9.94. The zero-order valence-corrected chi connectivity index (χ0v) is 20.6. The van der Waals surface area contributed by atoms with Crippen LogP contribution in [0.15, 0.2) is 46.2 Å². The maximum Gasteiger partial charge on any atom is 0.251 e. The van der Waals surface area contributed by atoms with Crippen molar-refractivity contribution in [3.05, 3.63) is 53.3 Å². The van der Waals surface area contributed by atoms with Crippen LogP contribution in [-0.2, 0) is 10.0 Å². The zero-order valence-electron chi connectivity index (χ0n) is 19.0. The highest BCUT2D eigenvalue weighted by Crippen LogP contribution is 2.37. The number of ether oxygens (including phenoxy) is 1. The zero-order chi connectivity index (χ0) is 23.8. The molecular formula is C24H29FN2O4S2. The van der Waals surface area contributed by atoms with Gasteiger partial charge in [-0.05, 0) is 66.6 Å². The Morgan fingerprint density at radius 3 is 2.58 bits per heavy atom. The summed E-state index contributed by atoms with van der Waals surface area (Å²) in [5.41, 5.74) is 0.973. The Hall–Kier alpha value is -2.10. The van der Waals surface area contributed by atoms with Gasteiger partial charge in [-0.3, -0.25) is 4.79 Å². The number of benzene rings is 2. The first-order chi connectivity index (χ1) is 15.7. The summed E-state index contributed by atoms with van der Waals surface area (Å²) in [5.74, 6) is 0.770. The summed E-state index contributed by atoms with van der Waals surface area (Å²) < 4.78 is 47.6. The van der Waals surface area contributed by atoms with Crippen molar-refractivity contribution in [2.24, 2.45) is 11.8 Å². The molecule has 0 saturated carbocycles. The van der Waals surface area contributed by atoms with Gasteiger partial charge in [-0.1, -0.05) is 13.8 Å². The second kappa shape index (κ2) is 9.64. The molecule has 0 spiro atoms. The number of piperidine rings is 1. The maximum atomic E-state index is 13.8. The van der Waals surface area contributed by atoms with Gasteiger partial charge in [0.2, 0.25) is 10.0 Å². The highest BCUT2D eigenvalue weighted by Gasteiger charge is 2.34. The molecule has 2 aromatic carbocycles. The van der Waals surface area contributed by atoms with Crippen LogP contribution in [0.1, 0.15) is 48.7 Å². The Morgan fingerprint density at radius 2 is 1.88 bits per heavy atom. The number of methoxy groups -OCH3 is 1. The smallest absolute Gasteiger partial charge is 0.251 e. The average molecular weight is 493 g/mol. The van der Waals surface area contributed by atoms with Crippen LogP contribution in [0.4, 0.5) is 4.39 Å². The Bertz CT molecular complexity index is 1150. The van der Waals surface area contributed by atoms with E-state index in [4.69, 9.17) is 4.74 Å². The highest BCUT2D eigenvalue weighted by molar-refractivity contribution is 7.99. The minimum Gasteiger partial charge on any atom is -0.495 e. The largest absolute Gasteiger partial charge is 0.495 e. The minimum absolute atomic E-state index is 0.00963.